The number of nitrogens with one attached hydrogen (secondary N) is 1. The summed E-state index contributed by atoms with van der Waals surface area (Å²) in [5.74, 6) is -0.284. The van der Waals surface area contributed by atoms with Gasteiger partial charge in [-0.15, -0.1) is 13.2 Å². The molecule has 1 heterocycles. The Hall–Kier alpha value is -2.61. The Morgan fingerprint density at radius 1 is 1.21 bits per heavy atom. The average Bonchev–Trinajstić information content (AvgIpc) is 3.08. The lowest BCUT2D eigenvalue weighted by atomic mass is 10.2. The molecule has 1 N–H and O–H groups in total. The molecule has 6 nitrogen and oxygen atoms in total. The summed E-state index contributed by atoms with van der Waals surface area (Å²) in [6.07, 6.45) is -4.12. The quantitative estimate of drug-likeness (QED) is 0.770. The first-order valence-corrected chi connectivity index (χ1v) is 10.2. The fourth-order valence-electron chi connectivity index (χ4n) is 3.15. The predicted molar refractivity (Wildman–Crippen MR) is 98.3 cm³/mol. The second-order valence-electron chi connectivity index (χ2n) is 6.67. The van der Waals surface area contributed by atoms with Crippen molar-refractivity contribution in [1.82, 2.24) is 9.62 Å². The lowest BCUT2D eigenvalue weighted by Gasteiger charge is -2.17. The molecule has 1 atom stereocenters. The maximum absolute atomic E-state index is 12.5. The van der Waals surface area contributed by atoms with E-state index in [2.05, 4.69) is 9.46 Å². The molecule has 10 heteroatoms. The molecule has 2 aromatic rings. The van der Waals surface area contributed by atoms with Gasteiger partial charge < -0.3 is 4.74 Å². The van der Waals surface area contributed by atoms with Gasteiger partial charge in [-0.2, -0.15) is 5.26 Å². The Labute approximate surface area is 166 Å². The Morgan fingerprint density at radius 3 is 2.59 bits per heavy atom. The van der Waals surface area contributed by atoms with Crippen molar-refractivity contribution >= 4 is 10.0 Å². The van der Waals surface area contributed by atoms with Crippen LogP contribution in [0.3, 0.4) is 0 Å². The largest absolute Gasteiger partial charge is 0.573 e. The highest BCUT2D eigenvalue weighted by Gasteiger charge is 2.31. The maximum Gasteiger partial charge on any atom is 0.573 e. The van der Waals surface area contributed by atoms with Crippen LogP contribution in [0.15, 0.2) is 53.4 Å². The predicted octanol–water partition coefficient (Wildman–Crippen LogP) is 3.01. The van der Waals surface area contributed by atoms with E-state index in [-0.39, 0.29) is 22.3 Å². The van der Waals surface area contributed by atoms with Crippen LogP contribution in [0.25, 0.3) is 0 Å². The lowest BCUT2D eigenvalue weighted by Crippen LogP contribution is -2.37. The van der Waals surface area contributed by atoms with Crippen LogP contribution < -0.4 is 9.46 Å². The van der Waals surface area contributed by atoms with Crippen molar-refractivity contribution in [2.24, 2.45) is 0 Å². The van der Waals surface area contributed by atoms with E-state index < -0.39 is 16.4 Å². The first-order valence-electron chi connectivity index (χ1n) is 8.74. The second-order valence-corrected chi connectivity index (χ2v) is 8.39. The van der Waals surface area contributed by atoms with Crippen molar-refractivity contribution < 1.29 is 26.3 Å². The van der Waals surface area contributed by atoms with Crippen LogP contribution in [0.1, 0.15) is 17.5 Å². The normalized spacial score (nSPS) is 17.8. The summed E-state index contributed by atoms with van der Waals surface area (Å²) in [5.41, 5.74) is 1.06. The van der Waals surface area contributed by atoms with Gasteiger partial charge in [0.05, 0.1) is 16.5 Å². The molecular weight excluding hydrogens is 407 g/mol. The van der Waals surface area contributed by atoms with Gasteiger partial charge in [0.1, 0.15) is 5.75 Å². The molecule has 0 amide bonds. The Kier molecular flexibility index (Phi) is 6.12. The van der Waals surface area contributed by atoms with Gasteiger partial charge in [-0.05, 0) is 42.3 Å². The summed E-state index contributed by atoms with van der Waals surface area (Å²) in [6.45, 7) is 1.60. The van der Waals surface area contributed by atoms with E-state index in [1.807, 2.05) is 11.0 Å². The summed E-state index contributed by atoms with van der Waals surface area (Å²) >= 11 is 0. The Bertz CT molecular complexity index is 1000. The molecule has 0 spiro atoms. The standard InChI is InChI=1S/C19H18F3N3O3S/c20-19(21,22)28-17-6-4-14(5-7-17)12-25-9-8-16(13-25)24-29(26,27)18-3-1-2-15(10-18)11-23/h1-7,10,16,24H,8-9,12-13H2/t16-/m1/s1. The van der Waals surface area contributed by atoms with E-state index >= 15 is 0 Å². The summed E-state index contributed by atoms with van der Waals surface area (Å²) in [5, 5.41) is 8.92. The number of halogens is 3. The third-order valence-corrected chi connectivity index (χ3v) is 5.95. The molecule has 2 aromatic carbocycles. The van der Waals surface area contributed by atoms with Gasteiger partial charge in [-0.3, -0.25) is 4.90 Å². The molecule has 0 aliphatic carbocycles. The minimum atomic E-state index is -4.73. The highest BCUT2D eigenvalue weighted by molar-refractivity contribution is 7.89. The molecular formula is C19H18F3N3O3S. The zero-order valence-corrected chi connectivity index (χ0v) is 16.0. The number of alkyl halides is 3. The zero-order chi connectivity index (χ0) is 21.1. The first kappa shape index (κ1) is 21.1. The van der Waals surface area contributed by atoms with Gasteiger partial charge in [-0.25, -0.2) is 13.1 Å². The van der Waals surface area contributed by atoms with Crippen molar-refractivity contribution in [3.05, 3.63) is 59.7 Å². The highest BCUT2D eigenvalue weighted by Crippen LogP contribution is 2.24. The number of benzene rings is 2. The fraction of sp³-hybridized carbons (Fsp3) is 0.316. The van der Waals surface area contributed by atoms with Crippen molar-refractivity contribution in [3.63, 3.8) is 0 Å². The van der Waals surface area contributed by atoms with Crippen molar-refractivity contribution in [2.45, 2.75) is 30.3 Å². The number of hydrogen-bond donors (Lipinski definition) is 1. The number of likely N-dealkylation sites (tertiary alicyclic amines) is 1. The number of sulfonamides is 1. The highest BCUT2D eigenvalue weighted by atomic mass is 32.2. The topological polar surface area (TPSA) is 82.4 Å². The summed E-state index contributed by atoms with van der Waals surface area (Å²) in [4.78, 5) is 2.05. The Morgan fingerprint density at radius 2 is 1.93 bits per heavy atom. The van der Waals surface area contributed by atoms with Crippen LogP contribution in [0.5, 0.6) is 5.75 Å². The van der Waals surface area contributed by atoms with Crippen LogP contribution in [0.4, 0.5) is 13.2 Å². The maximum atomic E-state index is 12.5. The van der Waals surface area contributed by atoms with Gasteiger partial charge in [-0.1, -0.05) is 18.2 Å². The number of ether oxygens (including phenoxy) is 1. The minimum Gasteiger partial charge on any atom is -0.406 e. The van der Waals surface area contributed by atoms with E-state index in [1.54, 1.807) is 12.1 Å². The average molecular weight is 425 g/mol. The lowest BCUT2D eigenvalue weighted by molar-refractivity contribution is -0.274. The molecule has 29 heavy (non-hydrogen) atoms. The van der Waals surface area contributed by atoms with E-state index in [0.29, 0.717) is 26.1 Å². The van der Waals surface area contributed by atoms with E-state index in [4.69, 9.17) is 5.26 Å². The SMILES string of the molecule is N#Cc1cccc(S(=O)(=O)N[C@@H]2CCN(Cc3ccc(OC(F)(F)F)cc3)C2)c1. The molecule has 1 aliphatic rings. The molecule has 3 rings (SSSR count). The van der Waals surface area contributed by atoms with Gasteiger partial charge in [0, 0.05) is 25.7 Å². The third kappa shape index (κ3) is 5.93. The minimum absolute atomic E-state index is 0.0373. The van der Waals surface area contributed by atoms with Crippen LogP contribution in [-0.4, -0.2) is 38.8 Å². The number of hydrogen-bond acceptors (Lipinski definition) is 5. The number of nitrogens with zero attached hydrogens (tertiary/aromatic N) is 2. The number of rotatable bonds is 6. The Balaban J connectivity index is 1.57. The zero-order valence-electron chi connectivity index (χ0n) is 15.2. The number of nitriles is 1. The molecule has 154 valence electrons. The second kappa shape index (κ2) is 8.41. The fourth-order valence-corrected chi connectivity index (χ4v) is 4.45. The van der Waals surface area contributed by atoms with Gasteiger partial charge in [0.25, 0.3) is 0 Å². The molecule has 1 aliphatic heterocycles. The van der Waals surface area contributed by atoms with Crippen LogP contribution >= 0.6 is 0 Å². The van der Waals surface area contributed by atoms with E-state index in [1.165, 1.54) is 36.4 Å². The van der Waals surface area contributed by atoms with Gasteiger partial charge in [0.2, 0.25) is 10.0 Å². The third-order valence-electron chi connectivity index (χ3n) is 4.43. The van der Waals surface area contributed by atoms with Crippen LogP contribution in [0.2, 0.25) is 0 Å². The smallest absolute Gasteiger partial charge is 0.406 e. The van der Waals surface area contributed by atoms with E-state index in [9.17, 15) is 21.6 Å². The monoisotopic (exact) mass is 425 g/mol. The molecule has 1 saturated heterocycles. The summed E-state index contributed by atoms with van der Waals surface area (Å²) in [6, 6.07) is 13.0. The summed E-state index contributed by atoms with van der Waals surface area (Å²) in [7, 11) is -3.75. The van der Waals surface area contributed by atoms with Crippen molar-refractivity contribution in [2.75, 3.05) is 13.1 Å². The van der Waals surface area contributed by atoms with Gasteiger partial charge in [0.15, 0.2) is 0 Å². The molecule has 0 aromatic heterocycles. The summed E-state index contributed by atoms with van der Waals surface area (Å²) < 4.78 is 68.2. The molecule has 0 radical (unpaired) electrons. The van der Waals surface area contributed by atoms with Gasteiger partial charge >= 0.3 is 6.36 Å². The van der Waals surface area contributed by atoms with E-state index in [0.717, 1.165) is 5.56 Å². The van der Waals surface area contributed by atoms with Crippen LogP contribution in [0, 0.1) is 11.3 Å². The molecule has 0 saturated carbocycles. The molecule has 1 fully saturated rings. The van der Waals surface area contributed by atoms with Crippen molar-refractivity contribution in [1.29, 1.82) is 5.26 Å². The molecule has 0 bridgehead atoms. The van der Waals surface area contributed by atoms with Crippen LogP contribution in [-0.2, 0) is 16.6 Å². The van der Waals surface area contributed by atoms with Crippen molar-refractivity contribution in [3.8, 4) is 11.8 Å². The first-order chi connectivity index (χ1) is 13.6. The molecule has 0 unspecified atom stereocenters.